The maximum atomic E-state index is 12.5. The predicted molar refractivity (Wildman–Crippen MR) is 78.3 cm³/mol. The second-order valence-electron chi connectivity index (χ2n) is 5.28. The highest BCUT2D eigenvalue weighted by molar-refractivity contribution is 5.99. The predicted octanol–water partition coefficient (Wildman–Crippen LogP) is 2.16. The van der Waals surface area contributed by atoms with Gasteiger partial charge in [0.25, 0.3) is 5.69 Å². The van der Waals surface area contributed by atoms with E-state index in [4.69, 9.17) is 0 Å². The van der Waals surface area contributed by atoms with Crippen molar-refractivity contribution in [2.75, 3.05) is 11.9 Å². The van der Waals surface area contributed by atoms with Gasteiger partial charge in [0.15, 0.2) is 0 Å². The highest BCUT2D eigenvalue weighted by Gasteiger charge is 2.40. The average molecular weight is 293 g/mol. The van der Waals surface area contributed by atoms with Crippen molar-refractivity contribution in [1.82, 2.24) is 5.32 Å². The van der Waals surface area contributed by atoms with E-state index in [0.717, 1.165) is 25.8 Å². The molecule has 1 aliphatic rings. The van der Waals surface area contributed by atoms with Crippen LogP contribution in [0.25, 0.3) is 0 Å². The fraction of sp³-hybridized carbons (Fsp3) is 0.500. The molecule has 1 heterocycles. The van der Waals surface area contributed by atoms with E-state index in [2.05, 4.69) is 10.6 Å². The van der Waals surface area contributed by atoms with Crippen LogP contribution in [0, 0.1) is 10.1 Å². The highest BCUT2D eigenvalue weighted by atomic mass is 16.6. The van der Waals surface area contributed by atoms with E-state index in [-0.39, 0.29) is 23.0 Å². The standard InChI is InChI=1S/C14H19N3O4/c1-2-6-14(7-3-8-15-14)13(19)16-11-9-10(17(20)21)4-5-12(11)18/h4-5,9,15,18H,2-3,6-8H2,1H3,(H,16,19). The van der Waals surface area contributed by atoms with Gasteiger partial charge in [-0.2, -0.15) is 0 Å². The minimum Gasteiger partial charge on any atom is -0.506 e. The summed E-state index contributed by atoms with van der Waals surface area (Å²) in [6, 6.07) is 3.57. The summed E-state index contributed by atoms with van der Waals surface area (Å²) in [6.07, 6.45) is 3.17. The number of aromatic hydroxyl groups is 1. The number of rotatable bonds is 5. The van der Waals surface area contributed by atoms with E-state index < -0.39 is 10.5 Å². The Morgan fingerprint density at radius 2 is 2.33 bits per heavy atom. The summed E-state index contributed by atoms with van der Waals surface area (Å²) in [7, 11) is 0. The van der Waals surface area contributed by atoms with Crippen LogP contribution in [0.3, 0.4) is 0 Å². The van der Waals surface area contributed by atoms with Gasteiger partial charge in [-0.15, -0.1) is 0 Å². The molecule has 1 atom stereocenters. The first kappa shape index (κ1) is 15.2. The molecule has 1 aromatic carbocycles. The fourth-order valence-corrected chi connectivity index (χ4v) is 2.73. The Morgan fingerprint density at radius 3 is 2.90 bits per heavy atom. The Labute approximate surface area is 122 Å². The minimum atomic E-state index is -0.647. The number of amides is 1. The third kappa shape index (κ3) is 3.13. The van der Waals surface area contributed by atoms with Crippen molar-refractivity contribution in [3.05, 3.63) is 28.3 Å². The lowest BCUT2D eigenvalue weighted by atomic mass is 9.90. The van der Waals surface area contributed by atoms with Gasteiger partial charge in [0.2, 0.25) is 5.91 Å². The van der Waals surface area contributed by atoms with E-state index in [0.29, 0.717) is 6.42 Å². The van der Waals surface area contributed by atoms with Crippen molar-refractivity contribution in [3.8, 4) is 5.75 Å². The molecule has 7 nitrogen and oxygen atoms in total. The molecule has 0 saturated carbocycles. The second-order valence-corrected chi connectivity index (χ2v) is 5.28. The zero-order chi connectivity index (χ0) is 15.5. The number of non-ortho nitro benzene ring substituents is 1. The minimum absolute atomic E-state index is 0.0679. The Bertz CT molecular complexity index is 553. The van der Waals surface area contributed by atoms with Gasteiger partial charge in [-0.05, 0) is 31.9 Å². The van der Waals surface area contributed by atoms with Gasteiger partial charge in [0.05, 0.1) is 16.1 Å². The van der Waals surface area contributed by atoms with Crippen molar-refractivity contribution in [2.24, 2.45) is 0 Å². The van der Waals surface area contributed by atoms with E-state index >= 15 is 0 Å². The van der Waals surface area contributed by atoms with Crippen LogP contribution in [0.1, 0.15) is 32.6 Å². The van der Waals surface area contributed by atoms with Gasteiger partial charge < -0.3 is 15.7 Å². The molecule has 0 aromatic heterocycles. The molecule has 21 heavy (non-hydrogen) atoms. The van der Waals surface area contributed by atoms with Gasteiger partial charge in [-0.3, -0.25) is 14.9 Å². The lowest BCUT2D eigenvalue weighted by Crippen LogP contribution is -2.50. The van der Waals surface area contributed by atoms with Gasteiger partial charge in [0, 0.05) is 12.1 Å². The molecule has 1 aliphatic heterocycles. The summed E-state index contributed by atoms with van der Waals surface area (Å²) in [6.45, 7) is 2.77. The van der Waals surface area contributed by atoms with E-state index in [1.54, 1.807) is 0 Å². The number of nitrogens with zero attached hydrogens (tertiary/aromatic N) is 1. The van der Waals surface area contributed by atoms with Crippen LogP contribution in [0.5, 0.6) is 5.75 Å². The molecule has 0 bridgehead atoms. The summed E-state index contributed by atoms with van der Waals surface area (Å²) < 4.78 is 0. The molecule has 3 N–H and O–H groups in total. The van der Waals surface area contributed by atoms with Crippen LogP contribution in [0.4, 0.5) is 11.4 Å². The maximum absolute atomic E-state index is 12.5. The smallest absolute Gasteiger partial charge is 0.271 e. The molecule has 1 unspecified atom stereocenters. The summed E-state index contributed by atoms with van der Waals surface area (Å²) >= 11 is 0. The van der Waals surface area contributed by atoms with Crippen molar-refractivity contribution in [1.29, 1.82) is 0 Å². The number of hydrogen-bond acceptors (Lipinski definition) is 5. The van der Waals surface area contributed by atoms with Crippen LogP contribution in [-0.2, 0) is 4.79 Å². The number of carbonyl (C=O) groups is 1. The summed E-state index contributed by atoms with van der Waals surface area (Å²) in [5.74, 6) is -0.434. The van der Waals surface area contributed by atoms with Crippen LogP contribution < -0.4 is 10.6 Å². The van der Waals surface area contributed by atoms with Gasteiger partial charge in [-0.25, -0.2) is 0 Å². The van der Waals surface area contributed by atoms with Crippen LogP contribution in [0.15, 0.2) is 18.2 Å². The normalized spacial score (nSPS) is 21.2. The number of carbonyl (C=O) groups excluding carboxylic acids is 1. The Kier molecular flexibility index (Phi) is 4.42. The number of nitrogens with one attached hydrogen (secondary N) is 2. The van der Waals surface area contributed by atoms with E-state index in [1.165, 1.54) is 18.2 Å². The van der Waals surface area contributed by atoms with E-state index in [1.807, 2.05) is 6.92 Å². The number of phenolic OH excluding ortho intramolecular Hbond substituents is 1. The first-order valence-electron chi connectivity index (χ1n) is 7.02. The third-order valence-corrected chi connectivity index (χ3v) is 3.79. The molecule has 1 fully saturated rings. The van der Waals surface area contributed by atoms with E-state index in [9.17, 15) is 20.0 Å². The summed E-state index contributed by atoms with van der Waals surface area (Å²) in [5.41, 5.74) is -0.753. The first-order valence-corrected chi connectivity index (χ1v) is 7.02. The molecular formula is C14H19N3O4. The number of benzene rings is 1. The highest BCUT2D eigenvalue weighted by Crippen LogP contribution is 2.31. The molecule has 1 aromatic rings. The Balaban J connectivity index is 2.22. The van der Waals surface area contributed by atoms with Gasteiger partial charge in [0.1, 0.15) is 5.75 Å². The average Bonchev–Trinajstić information content (AvgIpc) is 2.91. The van der Waals surface area contributed by atoms with Gasteiger partial charge >= 0.3 is 0 Å². The molecule has 0 spiro atoms. The zero-order valence-corrected chi connectivity index (χ0v) is 11.9. The molecule has 2 rings (SSSR count). The SMILES string of the molecule is CCCC1(C(=O)Nc2cc([N+](=O)[O-])ccc2O)CCCN1. The molecule has 1 amide bonds. The Hall–Kier alpha value is -2.15. The molecule has 0 radical (unpaired) electrons. The third-order valence-electron chi connectivity index (χ3n) is 3.79. The molecule has 7 heteroatoms. The molecule has 114 valence electrons. The quantitative estimate of drug-likeness (QED) is 0.438. The number of anilines is 1. The molecule has 1 saturated heterocycles. The second kappa shape index (κ2) is 6.09. The lowest BCUT2D eigenvalue weighted by Gasteiger charge is -2.27. The first-order chi connectivity index (χ1) is 9.98. The Morgan fingerprint density at radius 1 is 1.57 bits per heavy atom. The number of nitro benzene ring substituents is 1. The van der Waals surface area contributed by atoms with Crippen molar-refractivity contribution >= 4 is 17.3 Å². The van der Waals surface area contributed by atoms with Crippen molar-refractivity contribution in [2.45, 2.75) is 38.1 Å². The molecular weight excluding hydrogens is 274 g/mol. The van der Waals surface area contributed by atoms with Crippen LogP contribution >= 0.6 is 0 Å². The molecule has 0 aliphatic carbocycles. The topological polar surface area (TPSA) is 104 Å². The number of phenols is 1. The van der Waals surface area contributed by atoms with Crippen LogP contribution in [-0.4, -0.2) is 28.0 Å². The lowest BCUT2D eigenvalue weighted by molar-refractivity contribution is -0.384. The van der Waals surface area contributed by atoms with Crippen molar-refractivity contribution in [3.63, 3.8) is 0 Å². The monoisotopic (exact) mass is 293 g/mol. The number of nitro groups is 1. The van der Waals surface area contributed by atoms with Gasteiger partial charge in [-0.1, -0.05) is 13.3 Å². The largest absolute Gasteiger partial charge is 0.506 e. The van der Waals surface area contributed by atoms with Crippen LogP contribution in [0.2, 0.25) is 0 Å². The maximum Gasteiger partial charge on any atom is 0.271 e. The summed E-state index contributed by atoms with van der Waals surface area (Å²) in [4.78, 5) is 22.7. The fourth-order valence-electron chi connectivity index (χ4n) is 2.73. The number of hydrogen-bond donors (Lipinski definition) is 3. The zero-order valence-electron chi connectivity index (χ0n) is 11.9. The summed E-state index contributed by atoms with van der Waals surface area (Å²) in [5, 5.41) is 26.4. The van der Waals surface area contributed by atoms with Crippen molar-refractivity contribution < 1.29 is 14.8 Å².